The second kappa shape index (κ2) is 8.88. The molecule has 0 bridgehead atoms. The Morgan fingerprint density at radius 1 is 1.24 bits per heavy atom. The summed E-state index contributed by atoms with van der Waals surface area (Å²) in [6.45, 7) is 5.93. The molecule has 5 rings (SSSR count). The first-order valence-corrected chi connectivity index (χ1v) is 12.3. The summed E-state index contributed by atoms with van der Waals surface area (Å²) in [5.74, 6) is 0.807. The summed E-state index contributed by atoms with van der Waals surface area (Å²) in [6, 6.07) is 10.8. The highest BCUT2D eigenvalue weighted by Gasteiger charge is 2.33. The fourth-order valence-electron chi connectivity index (χ4n) is 4.04. The first-order valence-electron chi connectivity index (χ1n) is 10.7. The van der Waals surface area contributed by atoms with Crippen LogP contribution in [-0.2, 0) is 9.53 Å². The summed E-state index contributed by atoms with van der Waals surface area (Å²) in [5, 5.41) is 0. The third-order valence-corrected chi connectivity index (χ3v) is 7.36. The molecule has 7 nitrogen and oxygen atoms in total. The van der Waals surface area contributed by atoms with Crippen LogP contribution in [0.25, 0.3) is 6.08 Å². The molecule has 2 aromatic carbocycles. The van der Waals surface area contributed by atoms with E-state index in [4.69, 9.17) is 14.2 Å². The van der Waals surface area contributed by atoms with Crippen LogP contribution in [0.1, 0.15) is 36.6 Å². The van der Waals surface area contributed by atoms with Gasteiger partial charge in [0.1, 0.15) is 0 Å². The summed E-state index contributed by atoms with van der Waals surface area (Å²) < 4.78 is 19.1. The Kier molecular flexibility index (Phi) is 5.91. The van der Waals surface area contributed by atoms with E-state index in [-0.39, 0.29) is 19.0 Å². The number of fused-ring (bicyclic) bond motifs is 2. The first-order chi connectivity index (χ1) is 16.4. The number of hydrogen-bond donors (Lipinski definition) is 0. The number of halogens is 1. The van der Waals surface area contributed by atoms with Gasteiger partial charge >= 0.3 is 5.97 Å². The van der Waals surface area contributed by atoms with Crippen LogP contribution in [0, 0.1) is 6.92 Å². The van der Waals surface area contributed by atoms with Crippen molar-refractivity contribution in [3.8, 4) is 11.5 Å². The number of nitrogens with zero attached hydrogens (tertiary/aromatic N) is 2. The lowest BCUT2D eigenvalue weighted by atomic mass is 9.95. The first kappa shape index (κ1) is 22.6. The number of rotatable bonds is 4. The number of thiazole rings is 1. The molecule has 0 unspecified atom stereocenters. The second-order valence-corrected chi connectivity index (χ2v) is 9.80. The maximum atomic E-state index is 13.7. The Bertz CT molecular complexity index is 1520. The van der Waals surface area contributed by atoms with Crippen LogP contribution in [0.4, 0.5) is 0 Å². The Labute approximate surface area is 207 Å². The van der Waals surface area contributed by atoms with Crippen molar-refractivity contribution in [2.75, 3.05) is 13.4 Å². The van der Waals surface area contributed by atoms with Gasteiger partial charge in [0, 0.05) is 4.47 Å². The molecule has 0 amide bonds. The average molecular weight is 541 g/mol. The molecule has 3 heterocycles. The van der Waals surface area contributed by atoms with E-state index in [1.165, 1.54) is 11.3 Å². The minimum absolute atomic E-state index is 0.167. The summed E-state index contributed by atoms with van der Waals surface area (Å²) in [4.78, 5) is 31.8. The van der Waals surface area contributed by atoms with Gasteiger partial charge in [0.15, 0.2) is 16.3 Å². The van der Waals surface area contributed by atoms with Crippen molar-refractivity contribution in [1.82, 2.24) is 4.57 Å². The summed E-state index contributed by atoms with van der Waals surface area (Å²) in [5.41, 5.74) is 3.37. The Balaban J connectivity index is 1.71. The SMILES string of the molecule is CCOC(=O)C1=C(C)N=c2s/c(=C\c3cc4c(cc3Br)OCO4)c(=O)n2[C@@H]1c1ccc(C)cc1. The van der Waals surface area contributed by atoms with E-state index in [0.717, 1.165) is 21.2 Å². The molecule has 0 N–H and O–H groups in total. The highest BCUT2D eigenvalue weighted by Crippen LogP contribution is 2.37. The van der Waals surface area contributed by atoms with E-state index in [1.807, 2.05) is 43.3 Å². The molecule has 1 atom stereocenters. The van der Waals surface area contributed by atoms with Crippen molar-refractivity contribution in [3.63, 3.8) is 0 Å². The zero-order valence-corrected chi connectivity index (χ0v) is 21.2. The zero-order chi connectivity index (χ0) is 24.0. The molecule has 0 saturated carbocycles. The van der Waals surface area contributed by atoms with E-state index < -0.39 is 12.0 Å². The maximum Gasteiger partial charge on any atom is 0.338 e. The number of benzene rings is 2. The summed E-state index contributed by atoms with van der Waals surface area (Å²) in [6.07, 6.45) is 1.80. The van der Waals surface area contributed by atoms with Gasteiger partial charge in [0.25, 0.3) is 5.56 Å². The van der Waals surface area contributed by atoms with Gasteiger partial charge in [-0.1, -0.05) is 57.1 Å². The van der Waals surface area contributed by atoms with Crippen LogP contribution in [-0.4, -0.2) is 23.9 Å². The van der Waals surface area contributed by atoms with Crippen molar-refractivity contribution in [2.45, 2.75) is 26.8 Å². The van der Waals surface area contributed by atoms with Crippen molar-refractivity contribution in [2.24, 2.45) is 4.99 Å². The lowest BCUT2D eigenvalue weighted by Gasteiger charge is -2.24. The largest absolute Gasteiger partial charge is 0.463 e. The van der Waals surface area contributed by atoms with Crippen molar-refractivity contribution < 1.29 is 19.0 Å². The quantitative estimate of drug-likeness (QED) is 0.472. The van der Waals surface area contributed by atoms with Crippen molar-refractivity contribution in [3.05, 3.63) is 88.5 Å². The molecular weight excluding hydrogens is 520 g/mol. The number of carbonyl (C=O) groups excluding carboxylic acids is 1. The minimum Gasteiger partial charge on any atom is -0.463 e. The third kappa shape index (κ3) is 3.88. The van der Waals surface area contributed by atoms with Crippen LogP contribution >= 0.6 is 27.3 Å². The van der Waals surface area contributed by atoms with Gasteiger partial charge in [-0.3, -0.25) is 9.36 Å². The van der Waals surface area contributed by atoms with E-state index in [1.54, 1.807) is 24.5 Å². The number of carbonyl (C=O) groups is 1. The molecule has 0 fully saturated rings. The van der Waals surface area contributed by atoms with E-state index in [2.05, 4.69) is 20.9 Å². The molecule has 2 aliphatic rings. The van der Waals surface area contributed by atoms with Gasteiger partial charge < -0.3 is 14.2 Å². The minimum atomic E-state index is -0.627. The zero-order valence-electron chi connectivity index (χ0n) is 18.8. The summed E-state index contributed by atoms with van der Waals surface area (Å²) in [7, 11) is 0. The monoisotopic (exact) mass is 540 g/mol. The fraction of sp³-hybridized carbons (Fsp3) is 0.240. The van der Waals surface area contributed by atoms with Crippen LogP contribution < -0.4 is 24.4 Å². The lowest BCUT2D eigenvalue weighted by molar-refractivity contribution is -0.139. The normalized spacial score (nSPS) is 16.9. The number of allylic oxidation sites excluding steroid dienone is 1. The molecule has 0 saturated heterocycles. The molecule has 34 heavy (non-hydrogen) atoms. The Morgan fingerprint density at radius 2 is 1.94 bits per heavy atom. The van der Waals surface area contributed by atoms with Crippen LogP contribution in [0.5, 0.6) is 11.5 Å². The Hall–Kier alpha value is -3.17. The molecule has 1 aromatic heterocycles. The highest BCUT2D eigenvalue weighted by molar-refractivity contribution is 9.10. The molecule has 2 aliphatic heterocycles. The molecular formula is C25H21BrN2O5S. The topological polar surface area (TPSA) is 79.1 Å². The molecule has 0 aliphatic carbocycles. The van der Waals surface area contributed by atoms with Crippen LogP contribution in [0.2, 0.25) is 0 Å². The number of ether oxygens (including phenoxy) is 3. The maximum absolute atomic E-state index is 13.7. The van der Waals surface area contributed by atoms with Crippen LogP contribution in [0.3, 0.4) is 0 Å². The fourth-order valence-corrected chi connectivity index (χ4v) is 5.51. The van der Waals surface area contributed by atoms with Gasteiger partial charge in [-0.2, -0.15) is 0 Å². The van der Waals surface area contributed by atoms with Crippen molar-refractivity contribution >= 4 is 39.3 Å². The van der Waals surface area contributed by atoms with E-state index >= 15 is 0 Å². The Morgan fingerprint density at radius 3 is 2.65 bits per heavy atom. The second-order valence-electron chi connectivity index (χ2n) is 7.94. The molecule has 3 aromatic rings. The summed E-state index contributed by atoms with van der Waals surface area (Å²) >= 11 is 4.83. The predicted molar refractivity (Wildman–Crippen MR) is 132 cm³/mol. The van der Waals surface area contributed by atoms with E-state index in [9.17, 15) is 9.59 Å². The molecule has 0 spiro atoms. The highest BCUT2D eigenvalue weighted by atomic mass is 79.9. The number of esters is 1. The molecule has 0 radical (unpaired) electrons. The molecule has 9 heteroatoms. The van der Waals surface area contributed by atoms with E-state index in [0.29, 0.717) is 32.1 Å². The number of hydrogen-bond acceptors (Lipinski definition) is 7. The van der Waals surface area contributed by atoms with Gasteiger partial charge in [0.2, 0.25) is 6.79 Å². The standard InChI is InChI=1S/C25H21BrN2O5S/c1-4-31-24(30)21-14(3)27-25-28(22(21)15-7-5-13(2)6-8-15)23(29)20(34-25)10-16-9-18-19(11-17(16)26)33-12-32-18/h5-11,22H,4,12H2,1-3H3/b20-10-/t22-/m1/s1. The smallest absolute Gasteiger partial charge is 0.338 e. The predicted octanol–water partition coefficient (Wildman–Crippen LogP) is 3.60. The van der Waals surface area contributed by atoms with Gasteiger partial charge in [-0.15, -0.1) is 0 Å². The third-order valence-electron chi connectivity index (χ3n) is 5.69. The number of aryl methyl sites for hydroxylation is 1. The van der Waals surface area contributed by atoms with Crippen LogP contribution in [0.15, 0.2) is 61.9 Å². The van der Waals surface area contributed by atoms with Gasteiger partial charge in [-0.05, 0) is 50.1 Å². The number of aromatic nitrogens is 1. The average Bonchev–Trinajstić information content (AvgIpc) is 3.37. The molecule has 174 valence electrons. The van der Waals surface area contributed by atoms with Crippen molar-refractivity contribution in [1.29, 1.82) is 0 Å². The van der Waals surface area contributed by atoms with Gasteiger partial charge in [0.05, 0.1) is 28.5 Å². The lowest BCUT2D eigenvalue weighted by Crippen LogP contribution is -2.39. The van der Waals surface area contributed by atoms with Gasteiger partial charge in [-0.25, -0.2) is 9.79 Å².